The molecule has 0 radical (unpaired) electrons. The van der Waals surface area contributed by atoms with Crippen LogP contribution in [0, 0.1) is 11.8 Å². The van der Waals surface area contributed by atoms with Crippen molar-refractivity contribution < 1.29 is 0 Å². The van der Waals surface area contributed by atoms with Gasteiger partial charge < -0.3 is 5.32 Å². The number of nitrogens with zero attached hydrogens (tertiary/aromatic N) is 3. The van der Waals surface area contributed by atoms with E-state index < -0.39 is 0 Å². The Balaban J connectivity index is 1.99. The molecular formula is C14H26N4. The van der Waals surface area contributed by atoms with Crippen LogP contribution in [0.4, 0.5) is 0 Å². The van der Waals surface area contributed by atoms with Crippen molar-refractivity contribution in [3.05, 3.63) is 12.2 Å². The van der Waals surface area contributed by atoms with Crippen LogP contribution in [0.1, 0.15) is 45.9 Å². The van der Waals surface area contributed by atoms with Gasteiger partial charge in [0.2, 0.25) is 0 Å². The Morgan fingerprint density at radius 1 is 1.44 bits per heavy atom. The van der Waals surface area contributed by atoms with Crippen molar-refractivity contribution in [1.29, 1.82) is 0 Å². The predicted octanol–water partition coefficient (Wildman–Crippen LogP) is 2.25. The second-order valence-electron chi connectivity index (χ2n) is 5.81. The van der Waals surface area contributed by atoms with Crippen LogP contribution in [0.3, 0.4) is 0 Å². The number of aromatic nitrogens is 3. The third kappa shape index (κ3) is 3.31. The highest BCUT2D eigenvalue weighted by atomic mass is 15.3. The minimum absolute atomic E-state index is 0.582. The van der Waals surface area contributed by atoms with Gasteiger partial charge in [0.15, 0.2) is 0 Å². The zero-order valence-electron chi connectivity index (χ0n) is 11.9. The predicted molar refractivity (Wildman–Crippen MR) is 73.4 cm³/mol. The number of likely N-dealkylation sites (N-methyl/N-ethyl adjacent to an activating group) is 1. The van der Waals surface area contributed by atoms with Crippen molar-refractivity contribution >= 4 is 0 Å². The highest BCUT2D eigenvalue weighted by Gasteiger charge is 2.27. The number of hydrogen-bond donors (Lipinski definition) is 1. The molecule has 0 amide bonds. The summed E-state index contributed by atoms with van der Waals surface area (Å²) in [6, 6.07) is 0.582. The normalized spacial score (nSPS) is 18.0. The van der Waals surface area contributed by atoms with E-state index in [9.17, 15) is 0 Å². The molecule has 4 heteroatoms. The van der Waals surface area contributed by atoms with Crippen LogP contribution in [0.2, 0.25) is 0 Å². The largest absolute Gasteiger partial charge is 0.314 e. The summed E-state index contributed by atoms with van der Waals surface area (Å²) in [6.07, 6.45) is 6.85. The van der Waals surface area contributed by atoms with Crippen LogP contribution in [-0.2, 0) is 13.0 Å². The summed E-state index contributed by atoms with van der Waals surface area (Å²) in [4.78, 5) is 4.44. The molecule has 1 aliphatic carbocycles. The molecule has 1 unspecified atom stereocenters. The first-order valence-electron chi connectivity index (χ1n) is 7.30. The monoisotopic (exact) mass is 250 g/mol. The summed E-state index contributed by atoms with van der Waals surface area (Å²) >= 11 is 0. The standard InChI is InChI=1S/C14H26N4/c1-4-15-13(12-6-5-7-12)8-14-16-10-17-18(14)9-11(2)3/h10-13,15H,4-9H2,1-3H3. The van der Waals surface area contributed by atoms with Crippen molar-refractivity contribution in [3.63, 3.8) is 0 Å². The van der Waals surface area contributed by atoms with Gasteiger partial charge in [0, 0.05) is 19.0 Å². The molecule has 1 aromatic heterocycles. The Labute approximate surface area is 110 Å². The molecule has 0 bridgehead atoms. The van der Waals surface area contributed by atoms with Crippen LogP contribution in [0.25, 0.3) is 0 Å². The maximum Gasteiger partial charge on any atom is 0.138 e. The second-order valence-corrected chi connectivity index (χ2v) is 5.81. The van der Waals surface area contributed by atoms with Crippen molar-refractivity contribution in [1.82, 2.24) is 20.1 Å². The van der Waals surface area contributed by atoms with E-state index in [1.54, 1.807) is 6.33 Å². The van der Waals surface area contributed by atoms with Gasteiger partial charge in [-0.2, -0.15) is 5.10 Å². The first-order valence-corrected chi connectivity index (χ1v) is 7.30. The Morgan fingerprint density at radius 2 is 2.22 bits per heavy atom. The lowest BCUT2D eigenvalue weighted by Gasteiger charge is -2.34. The molecule has 0 aromatic carbocycles. The van der Waals surface area contributed by atoms with Gasteiger partial charge in [-0.1, -0.05) is 27.2 Å². The lowest BCUT2D eigenvalue weighted by molar-refractivity contribution is 0.225. The molecule has 18 heavy (non-hydrogen) atoms. The summed E-state index contributed by atoms with van der Waals surface area (Å²) in [5.41, 5.74) is 0. The van der Waals surface area contributed by atoms with Gasteiger partial charge in [0.1, 0.15) is 12.2 Å². The average Bonchev–Trinajstić information content (AvgIpc) is 2.62. The summed E-state index contributed by atoms with van der Waals surface area (Å²) in [6.45, 7) is 8.64. The Morgan fingerprint density at radius 3 is 2.78 bits per heavy atom. The highest BCUT2D eigenvalue weighted by Crippen LogP contribution is 2.30. The van der Waals surface area contributed by atoms with Crippen LogP contribution in [0.5, 0.6) is 0 Å². The molecule has 4 nitrogen and oxygen atoms in total. The Bertz CT molecular complexity index is 354. The van der Waals surface area contributed by atoms with E-state index in [2.05, 4.69) is 40.9 Å². The third-order valence-electron chi connectivity index (χ3n) is 3.82. The zero-order valence-corrected chi connectivity index (χ0v) is 11.9. The van der Waals surface area contributed by atoms with E-state index in [4.69, 9.17) is 0 Å². The van der Waals surface area contributed by atoms with E-state index in [1.807, 2.05) is 0 Å². The fourth-order valence-corrected chi connectivity index (χ4v) is 2.65. The second kappa shape index (κ2) is 6.32. The van der Waals surface area contributed by atoms with Crippen molar-refractivity contribution in [3.8, 4) is 0 Å². The van der Waals surface area contributed by atoms with Crippen molar-refractivity contribution in [2.24, 2.45) is 11.8 Å². The lowest BCUT2D eigenvalue weighted by atomic mass is 9.78. The summed E-state index contributed by atoms with van der Waals surface area (Å²) < 4.78 is 2.08. The molecular weight excluding hydrogens is 224 g/mol. The first-order chi connectivity index (χ1) is 8.70. The summed E-state index contributed by atoms with van der Waals surface area (Å²) in [5.74, 6) is 2.60. The topological polar surface area (TPSA) is 42.7 Å². The minimum atomic E-state index is 0.582. The summed E-state index contributed by atoms with van der Waals surface area (Å²) in [5, 5.41) is 7.97. The molecule has 0 aliphatic heterocycles. The fourth-order valence-electron chi connectivity index (χ4n) is 2.65. The Hall–Kier alpha value is -0.900. The SMILES string of the molecule is CCNC(Cc1ncnn1CC(C)C)C1CCC1. The molecule has 2 rings (SSSR count). The van der Waals surface area contributed by atoms with Crippen LogP contribution in [-0.4, -0.2) is 27.4 Å². The van der Waals surface area contributed by atoms with E-state index in [1.165, 1.54) is 19.3 Å². The zero-order chi connectivity index (χ0) is 13.0. The van der Waals surface area contributed by atoms with Crippen LogP contribution >= 0.6 is 0 Å². The molecule has 1 aliphatic rings. The average molecular weight is 250 g/mol. The lowest BCUT2D eigenvalue weighted by Crippen LogP contribution is -2.41. The van der Waals surface area contributed by atoms with Gasteiger partial charge in [-0.25, -0.2) is 9.67 Å². The van der Waals surface area contributed by atoms with Crippen LogP contribution < -0.4 is 5.32 Å². The smallest absolute Gasteiger partial charge is 0.138 e. The molecule has 1 heterocycles. The molecule has 1 saturated carbocycles. The maximum atomic E-state index is 4.44. The molecule has 1 aromatic rings. The molecule has 0 spiro atoms. The molecule has 0 saturated heterocycles. The fraction of sp³-hybridized carbons (Fsp3) is 0.857. The van der Waals surface area contributed by atoms with E-state index in [0.717, 1.165) is 31.3 Å². The van der Waals surface area contributed by atoms with E-state index >= 15 is 0 Å². The number of rotatable bonds is 7. The number of hydrogen-bond acceptors (Lipinski definition) is 3. The van der Waals surface area contributed by atoms with Crippen molar-refractivity contribution in [2.75, 3.05) is 6.54 Å². The van der Waals surface area contributed by atoms with Gasteiger partial charge >= 0.3 is 0 Å². The van der Waals surface area contributed by atoms with Gasteiger partial charge in [-0.3, -0.25) is 0 Å². The van der Waals surface area contributed by atoms with Crippen molar-refractivity contribution in [2.45, 2.75) is 59.0 Å². The molecule has 1 fully saturated rings. The minimum Gasteiger partial charge on any atom is -0.314 e. The Kier molecular flexibility index (Phi) is 4.75. The first kappa shape index (κ1) is 13.5. The van der Waals surface area contributed by atoms with Gasteiger partial charge in [-0.15, -0.1) is 0 Å². The quantitative estimate of drug-likeness (QED) is 0.807. The van der Waals surface area contributed by atoms with Gasteiger partial charge in [-0.05, 0) is 31.2 Å². The summed E-state index contributed by atoms with van der Waals surface area (Å²) in [7, 11) is 0. The van der Waals surface area contributed by atoms with Gasteiger partial charge in [0.05, 0.1) is 0 Å². The van der Waals surface area contributed by atoms with E-state index in [0.29, 0.717) is 12.0 Å². The number of nitrogens with one attached hydrogen (secondary N) is 1. The molecule has 102 valence electrons. The highest BCUT2D eigenvalue weighted by molar-refractivity contribution is 4.94. The molecule has 1 N–H and O–H groups in total. The van der Waals surface area contributed by atoms with Gasteiger partial charge in [0.25, 0.3) is 0 Å². The maximum absolute atomic E-state index is 4.44. The van der Waals surface area contributed by atoms with E-state index in [-0.39, 0.29) is 0 Å². The van der Waals surface area contributed by atoms with Crippen LogP contribution in [0.15, 0.2) is 6.33 Å². The third-order valence-corrected chi connectivity index (χ3v) is 3.82. The molecule has 1 atom stereocenters.